The van der Waals surface area contributed by atoms with E-state index in [9.17, 15) is 4.79 Å². The van der Waals surface area contributed by atoms with Gasteiger partial charge in [-0.1, -0.05) is 29.8 Å². The van der Waals surface area contributed by atoms with Crippen LogP contribution in [0.25, 0.3) is 0 Å². The van der Waals surface area contributed by atoms with Crippen molar-refractivity contribution in [3.05, 3.63) is 35.4 Å². The fourth-order valence-corrected chi connectivity index (χ4v) is 3.59. The van der Waals surface area contributed by atoms with Gasteiger partial charge in [-0.15, -0.1) is 0 Å². The van der Waals surface area contributed by atoms with Crippen molar-refractivity contribution in [3.8, 4) is 0 Å². The first-order valence-corrected chi connectivity index (χ1v) is 8.91. The smallest absolute Gasteiger partial charge is 0.237 e. The molecule has 1 atom stereocenters. The van der Waals surface area contributed by atoms with Gasteiger partial charge in [-0.25, -0.2) is 0 Å². The predicted octanol–water partition coefficient (Wildman–Crippen LogP) is 2.23. The first-order chi connectivity index (χ1) is 11.6. The zero-order valence-corrected chi connectivity index (χ0v) is 14.7. The molecule has 2 fully saturated rings. The minimum atomic E-state index is -0.537. The highest BCUT2D eigenvalue weighted by atomic mass is 16.7. The van der Waals surface area contributed by atoms with E-state index >= 15 is 0 Å². The minimum absolute atomic E-state index is 0.0243. The standard InChI is InChI=1S/C19H28N2O3/c1-15-5-3-6-16(13-15)14-21-10-4-7-17(21)18(22)20-9-8-19(2)23-11-12-24-19/h3,5-6,13,17H,4,7-12,14H2,1-2H3,(H,20,22). The van der Waals surface area contributed by atoms with Gasteiger partial charge in [0.15, 0.2) is 5.79 Å². The van der Waals surface area contributed by atoms with E-state index in [1.807, 2.05) is 6.92 Å². The molecule has 1 aromatic rings. The predicted molar refractivity (Wildman–Crippen MR) is 92.5 cm³/mol. The monoisotopic (exact) mass is 332 g/mol. The first-order valence-electron chi connectivity index (χ1n) is 8.91. The molecule has 132 valence electrons. The van der Waals surface area contributed by atoms with Crippen molar-refractivity contribution in [1.82, 2.24) is 10.2 Å². The van der Waals surface area contributed by atoms with Crippen LogP contribution in [-0.2, 0) is 20.8 Å². The average Bonchev–Trinajstić information content (AvgIpc) is 3.17. The van der Waals surface area contributed by atoms with Crippen LogP contribution in [0.1, 0.15) is 37.3 Å². The molecule has 5 nitrogen and oxygen atoms in total. The van der Waals surface area contributed by atoms with Crippen molar-refractivity contribution in [2.45, 2.75) is 51.5 Å². The maximum Gasteiger partial charge on any atom is 0.237 e. The van der Waals surface area contributed by atoms with E-state index in [4.69, 9.17) is 9.47 Å². The Kier molecular flexibility index (Phi) is 5.54. The third kappa shape index (κ3) is 4.35. The van der Waals surface area contributed by atoms with E-state index in [-0.39, 0.29) is 11.9 Å². The molecule has 0 aliphatic carbocycles. The van der Waals surface area contributed by atoms with Crippen LogP contribution >= 0.6 is 0 Å². The quantitative estimate of drug-likeness (QED) is 0.868. The molecule has 1 unspecified atom stereocenters. The molecular formula is C19H28N2O3. The number of benzene rings is 1. The summed E-state index contributed by atoms with van der Waals surface area (Å²) >= 11 is 0. The van der Waals surface area contributed by atoms with Crippen LogP contribution in [0.3, 0.4) is 0 Å². The summed E-state index contributed by atoms with van der Waals surface area (Å²) in [4.78, 5) is 14.8. The van der Waals surface area contributed by atoms with Crippen LogP contribution in [-0.4, -0.2) is 48.9 Å². The largest absolute Gasteiger partial charge is 0.355 e. The Morgan fingerprint density at radius 1 is 1.38 bits per heavy atom. The van der Waals surface area contributed by atoms with Crippen LogP contribution in [0, 0.1) is 6.92 Å². The fraction of sp³-hybridized carbons (Fsp3) is 0.632. The second-order valence-corrected chi connectivity index (χ2v) is 6.99. The molecule has 1 aromatic carbocycles. The summed E-state index contributed by atoms with van der Waals surface area (Å²) in [7, 11) is 0. The van der Waals surface area contributed by atoms with Crippen molar-refractivity contribution < 1.29 is 14.3 Å². The van der Waals surface area contributed by atoms with E-state index in [1.165, 1.54) is 11.1 Å². The van der Waals surface area contributed by atoms with Gasteiger partial charge in [-0.2, -0.15) is 0 Å². The van der Waals surface area contributed by atoms with E-state index < -0.39 is 5.79 Å². The summed E-state index contributed by atoms with van der Waals surface area (Å²) in [5.41, 5.74) is 2.53. The van der Waals surface area contributed by atoms with Gasteiger partial charge in [0.05, 0.1) is 19.3 Å². The van der Waals surface area contributed by atoms with Gasteiger partial charge in [0.2, 0.25) is 5.91 Å². The third-order valence-corrected chi connectivity index (χ3v) is 4.91. The number of nitrogens with zero attached hydrogens (tertiary/aromatic N) is 1. The molecule has 2 heterocycles. The molecule has 0 radical (unpaired) electrons. The number of hydrogen-bond donors (Lipinski definition) is 1. The maximum atomic E-state index is 12.6. The molecule has 0 aromatic heterocycles. The Hall–Kier alpha value is -1.43. The maximum absolute atomic E-state index is 12.6. The lowest BCUT2D eigenvalue weighted by molar-refractivity contribution is -0.147. The number of hydrogen-bond acceptors (Lipinski definition) is 4. The minimum Gasteiger partial charge on any atom is -0.355 e. The molecule has 2 aliphatic heterocycles. The second-order valence-electron chi connectivity index (χ2n) is 6.99. The SMILES string of the molecule is Cc1cccc(CN2CCCC2C(=O)NCCC2(C)OCCO2)c1. The van der Waals surface area contributed by atoms with Crippen molar-refractivity contribution >= 4 is 5.91 Å². The number of rotatable bonds is 6. The lowest BCUT2D eigenvalue weighted by Crippen LogP contribution is -2.44. The summed E-state index contributed by atoms with van der Waals surface area (Å²) < 4.78 is 11.2. The third-order valence-electron chi connectivity index (χ3n) is 4.91. The number of nitrogens with one attached hydrogen (secondary N) is 1. The Labute approximate surface area is 144 Å². The number of carbonyl (C=O) groups excluding carboxylic acids is 1. The van der Waals surface area contributed by atoms with Crippen LogP contribution < -0.4 is 5.32 Å². The van der Waals surface area contributed by atoms with Crippen molar-refractivity contribution in [2.24, 2.45) is 0 Å². The lowest BCUT2D eigenvalue weighted by atomic mass is 10.1. The summed E-state index contributed by atoms with van der Waals surface area (Å²) in [5.74, 6) is -0.411. The molecule has 24 heavy (non-hydrogen) atoms. The van der Waals surface area contributed by atoms with Crippen LogP contribution in [0.15, 0.2) is 24.3 Å². The molecular weight excluding hydrogens is 304 g/mol. The van der Waals surface area contributed by atoms with E-state index in [1.54, 1.807) is 0 Å². The first kappa shape index (κ1) is 17.4. The highest BCUT2D eigenvalue weighted by Gasteiger charge is 2.33. The lowest BCUT2D eigenvalue weighted by Gasteiger charge is -2.25. The number of amides is 1. The molecule has 0 bridgehead atoms. The normalized spacial score (nSPS) is 23.5. The molecule has 3 rings (SSSR count). The second kappa shape index (κ2) is 7.64. The van der Waals surface area contributed by atoms with E-state index in [2.05, 4.69) is 41.4 Å². The van der Waals surface area contributed by atoms with Crippen LogP contribution in [0.2, 0.25) is 0 Å². The van der Waals surface area contributed by atoms with Gasteiger partial charge in [0, 0.05) is 19.5 Å². The van der Waals surface area contributed by atoms with Crippen LogP contribution in [0.5, 0.6) is 0 Å². The molecule has 5 heteroatoms. The zero-order chi connectivity index (χ0) is 17.0. The number of likely N-dealkylation sites (tertiary alicyclic amines) is 1. The molecule has 0 spiro atoms. The Balaban J connectivity index is 1.50. The fourth-order valence-electron chi connectivity index (χ4n) is 3.59. The summed E-state index contributed by atoms with van der Waals surface area (Å²) in [6.45, 7) is 7.72. The highest BCUT2D eigenvalue weighted by Crippen LogP contribution is 2.23. The van der Waals surface area contributed by atoms with Gasteiger partial charge in [0.1, 0.15) is 0 Å². The van der Waals surface area contributed by atoms with Gasteiger partial charge >= 0.3 is 0 Å². The van der Waals surface area contributed by atoms with Crippen molar-refractivity contribution in [3.63, 3.8) is 0 Å². The van der Waals surface area contributed by atoms with E-state index in [0.717, 1.165) is 25.9 Å². The summed E-state index contributed by atoms with van der Waals surface area (Å²) in [6.07, 6.45) is 2.69. The van der Waals surface area contributed by atoms with E-state index in [0.29, 0.717) is 26.2 Å². The Morgan fingerprint density at radius 3 is 2.92 bits per heavy atom. The highest BCUT2D eigenvalue weighted by molar-refractivity contribution is 5.82. The molecule has 1 N–H and O–H groups in total. The van der Waals surface area contributed by atoms with Gasteiger partial charge < -0.3 is 14.8 Å². The number of aryl methyl sites for hydroxylation is 1. The molecule has 2 saturated heterocycles. The zero-order valence-electron chi connectivity index (χ0n) is 14.7. The average molecular weight is 332 g/mol. The Morgan fingerprint density at radius 2 is 2.17 bits per heavy atom. The summed E-state index contributed by atoms with van der Waals surface area (Å²) in [6, 6.07) is 8.49. The number of ether oxygens (including phenoxy) is 2. The molecule has 0 saturated carbocycles. The topological polar surface area (TPSA) is 50.8 Å². The molecule has 2 aliphatic rings. The molecule has 1 amide bonds. The van der Waals surface area contributed by atoms with Gasteiger partial charge in [-0.05, 0) is 38.8 Å². The Bertz CT molecular complexity index is 569. The van der Waals surface area contributed by atoms with Gasteiger partial charge in [-0.3, -0.25) is 9.69 Å². The van der Waals surface area contributed by atoms with Crippen LogP contribution in [0.4, 0.5) is 0 Å². The van der Waals surface area contributed by atoms with Crippen molar-refractivity contribution in [2.75, 3.05) is 26.3 Å². The van der Waals surface area contributed by atoms with Gasteiger partial charge in [0.25, 0.3) is 0 Å². The summed E-state index contributed by atoms with van der Waals surface area (Å²) in [5, 5.41) is 3.06. The van der Waals surface area contributed by atoms with Crippen molar-refractivity contribution in [1.29, 1.82) is 0 Å². The number of carbonyl (C=O) groups is 1.